The number of rotatable bonds is 6. The number of ether oxygens (including phenoxy) is 1. The van der Waals surface area contributed by atoms with Crippen LogP contribution < -0.4 is 0 Å². The van der Waals surface area contributed by atoms with Crippen molar-refractivity contribution in [2.24, 2.45) is 0 Å². The largest absolute Gasteiger partial charge is 0.462 e. The summed E-state index contributed by atoms with van der Waals surface area (Å²) in [7, 11) is 0. The number of hydrogen-bond donors (Lipinski definition) is 0. The van der Waals surface area contributed by atoms with E-state index in [4.69, 9.17) is 14.4 Å². The van der Waals surface area contributed by atoms with E-state index in [1.807, 2.05) is 56.3 Å². The molecule has 7 heteroatoms. The average molecular weight is 470 g/mol. The van der Waals surface area contributed by atoms with Gasteiger partial charge < -0.3 is 9.26 Å². The van der Waals surface area contributed by atoms with E-state index in [1.54, 1.807) is 23.7 Å². The van der Waals surface area contributed by atoms with Gasteiger partial charge >= 0.3 is 5.97 Å². The third kappa shape index (κ3) is 4.21. The lowest BCUT2D eigenvalue weighted by atomic mass is 10.00. The van der Waals surface area contributed by atoms with Crippen LogP contribution in [0, 0.1) is 19.7 Å². The van der Waals surface area contributed by atoms with Gasteiger partial charge in [0.05, 0.1) is 29.1 Å². The van der Waals surface area contributed by atoms with Gasteiger partial charge in [-0.1, -0.05) is 41.6 Å². The molecule has 3 aromatic carbocycles. The molecule has 35 heavy (non-hydrogen) atoms. The second-order valence-corrected chi connectivity index (χ2v) is 8.34. The fourth-order valence-electron chi connectivity index (χ4n) is 4.35. The van der Waals surface area contributed by atoms with E-state index in [2.05, 4.69) is 11.2 Å². The van der Waals surface area contributed by atoms with Crippen LogP contribution >= 0.6 is 0 Å². The first-order valence-electron chi connectivity index (χ1n) is 11.4. The Kier molecular flexibility index (Phi) is 5.91. The number of fused-ring (bicyclic) bond motifs is 1. The van der Waals surface area contributed by atoms with Crippen molar-refractivity contribution in [2.45, 2.75) is 27.2 Å². The van der Waals surface area contributed by atoms with Crippen molar-refractivity contribution in [3.8, 4) is 16.8 Å². The van der Waals surface area contributed by atoms with Crippen molar-refractivity contribution in [1.82, 2.24) is 14.9 Å². The third-order valence-electron chi connectivity index (χ3n) is 5.98. The Bertz CT molecular complexity index is 1520. The lowest BCUT2D eigenvalue weighted by molar-refractivity contribution is 0.0526. The number of aryl methyl sites for hydroxylation is 2. The van der Waals surface area contributed by atoms with Crippen molar-refractivity contribution in [3.63, 3.8) is 0 Å². The molecule has 0 radical (unpaired) electrons. The van der Waals surface area contributed by atoms with Crippen LogP contribution in [-0.2, 0) is 11.2 Å². The third-order valence-corrected chi connectivity index (χ3v) is 5.98. The number of nitrogens with zero attached hydrogens (tertiary/aromatic N) is 3. The van der Waals surface area contributed by atoms with Gasteiger partial charge in [-0.3, -0.25) is 0 Å². The Balaban J connectivity index is 1.66. The first kappa shape index (κ1) is 22.5. The summed E-state index contributed by atoms with van der Waals surface area (Å²) in [6.07, 6.45) is 0.581. The molecule has 0 saturated heterocycles. The molecule has 0 amide bonds. The van der Waals surface area contributed by atoms with E-state index >= 15 is 4.39 Å². The Hall–Kier alpha value is -4.26. The van der Waals surface area contributed by atoms with Crippen molar-refractivity contribution in [3.05, 3.63) is 101 Å². The average Bonchev–Trinajstić information content (AvgIpc) is 3.38. The summed E-state index contributed by atoms with van der Waals surface area (Å²) in [6.45, 7) is 5.73. The number of carbonyl (C=O) groups is 1. The van der Waals surface area contributed by atoms with Crippen LogP contribution in [0.5, 0.6) is 0 Å². The van der Waals surface area contributed by atoms with Crippen molar-refractivity contribution < 1.29 is 18.4 Å². The molecule has 2 heterocycles. The van der Waals surface area contributed by atoms with Crippen LogP contribution in [-0.4, -0.2) is 27.5 Å². The van der Waals surface area contributed by atoms with E-state index < -0.39 is 11.8 Å². The highest BCUT2D eigenvalue weighted by Gasteiger charge is 2.19. The summed E-state index contributed by atoms with van der Waals surface area (Å²) in [4.78, 5) is 12.0. The zero-order chi connectivity index (χ0) is 24.5. The molecule has 0 saturated carbocycles. The van der Waals surface area contributed by atoms with E-state index in [1.165, 1.54) is 6.07 Å². The predicted molar refractivity (Wildman–Crippen MR) is 131 cm³/mol. The van der Waals surface area contributed by atoms with Gasteiger partial charge in [0.15, 0.2) is 0 Å². The minimum Gasteiger partial charge on any atom is -0.462 e. The van der Waals surface area contributed by atoms with Crippen LogP contribution in [0.2, 0.25) is 0 Å². The Labute approximate surface area is 201 Å². The molecule has 2 aromatic heterocycles. The number of aromatic nitrogens is 3. The van der Waals surface area contributed by atoms with Gasteiger partial charge in [0.2, 0.25) is 0 Å². The minimum absolute atomic E-state index is 0.162. The summed E-state index contributed by atoms with van der Waals surface area (Å²) in [5, 5.41) is 9.80. The van der Waals surface area contributed by atoms with E-state index in [-0.39, 0.29) is 17.9 Å². The maximum absolute atomic E-state index is 15.2. The summed E-state index contributed by atoms with van der Waals surface area (Å²) >= 11 is 0. The van der Waals surface area contributed by atoms with E-state index in [0.717, 1.165) is 44.7 Å². The highest BCUT2D eigenvalue weighted by molar-refractivity contribution is 5.91. The van der Waals surface area contributed by atoms with Crippen LogP contribution in [0.3, 0.4) is 0 Å². The molecule has 0 fully saturated rings. The molecule has 5 aromatic rings. The fourth-order valence-corrected chi connectivity index (χ4v) is 4.35. The normalized spacial score (nSPS) is 11.2. The number of benzene rings is 3. The molecule has 0 N–H and O–H groups in total. The predicted octanol–water partition coefficient (Wildman–Crippen LogP) is 6.20. The molecule has 176 valence electrons. The zero-order valence-corrected chi connectivity index (χ0v) is 19.7. The van der Waals surface area contributed by atoms with Crippen LogP contribution in [0.1, 0.15) is 40.0 Å². The van der Waals surface area contributed by atoms with Gasteiger partial charge in [-0.2, -0.15) is 5.10 Å². The smallest absolute Gasteiger partial charge is 0.338 e. The molecular formula is C28H24FN3O3. The Morgan fingerprint density at radius 1 is 1.06 bits per heavy atom. The van der Waals surface area contributed by atoms with E-state index in [9.17, 15) is 4.79 Å². The van der Waals surface area contributed by atoms with E-state index in [0.29, 0.717) is 6.42 Å². The summed E-state index contributed by atoms with van der Waals surface area (Å²) in [5.41, 5.74) is 5.79. The lowest BCUT2D eigenvalue weighted by Gasteiger charge is -2.08. The SMILES string of the molecule is CCOC(=O)c1ccc(-n2nc(Cc3ccccc3)c3cc(-c4c(C)noc4C)ccc32)c(F)c1. The standard InChI is InChI=1S/C28H24FN3O3/c1-4-34-28(33)21-11-13-26(23(29)16-21)32-25-12-10-20(27-17(2)31-35-18(27)3)15-22(25)24(30-32)14-19-8-6-5-7-9-19/h5-13,15-16H,4,14H2,1-3H3. The lowest BCUT2D eigenvalue weighted by Crippen LogP contribution is -2.07. The van der Waals surface area contributed by atoms with Crippen molar-refractivity contribution >= 4 is 16.9 Å². The molecule has 0 aliphatic rings. The molecule has 0 aliphatic carbocycles. The summed E-state index contributed by atoms with van der Waals surface area (Å²) in [6, 6.07) is 20.3. The highest BCUT2D eigenvalue weighted by Crippen LogP contribution is 2.33. The van der Waals surface area contributed by atoms with Gasteiger partial charge in [-0.25, -0.2) is 13.9 Å². The Morgan fingerprint density at radius 2 is 1.86 bits per heavy atom. The van der Waals surface area contributed by atoms with Gasteiger partial charge in [0.25, 0.3) is 0 Å². The first-order chi connectivity index (χ1) is 17.0. The second kappa shape index (κ2) is 9.18. The van der Waals surface area contributed by atoms with Crippen LogP contribution in [0.25, 0.3) is 27.7 Å². The maximum atomic E-state index is 15.2. The molecule has 0 atom stereocenters. The number of hydrogen-bond acceptors (Lipinski definition) is 5. The first-order valence-corrected chi connectivity index (χ1v) is 11.4. The summed E-state index contributed by atoms with van der Waals surface area (Å²) in [5.74, 6) is -0.377. The second-order valence-electron chi connectivity index (χ2n) is 8.34. The molecule has 0 aliphatic heterocycles. The molecule has 0 bridgehead atoms. The molecule has 0 unspecified atom stereocenters. The maximum Gasteiger partial charge on any atom is 0.338 e. The number of halogens is 1. The fraction of sp³-hybridized carbons (Fsp3) is 0.179. The zero-order valence-electron chi connectivity index (χ0n) is 19.7. The van der Waals surface area contributed by atoms with Crippen LogP contribution in [0.4, 0.5) is 4.39 Å². The van der Waals surface area contributed by atoms with Crippen LogP contribution in [0.15, 0.2) is 71.3 Å². The van der Waals surface area contributed by atoms with Gasteiger partial charge in [0.1, 0.15) is 17.3 Å². The minimum atomic E-state index is -0.558. The topological polar surface area (TPSA) is 70.2 Å². The molecule has 6 nitrogen and oxygen atoms in total. The molecule has 5 rings (SSSR count). The van der Waals surface area contributed by atoms with Gasteiger partial charge in [-0.15, -0.1) is 0 Å². The highest BCUT2D eigenvalue weighted by atomic mass is 19.1. The molecular weight excluding hydrogens is 445 g/mol. The quantitative estimate of drug-likeness (QED) is 0.277. The van der Waals surface area contributed by atoms with Crippen molar-refractivity contribution in [1.29, 1.82) is 0 Å². The number of carbonyl (C=O) groups excluding carboxylic acids is 1. The Morgan fingerprint density at radius 3 is 2.54 bits per heavy atom. The van der Waals surface area contributed by atoms with Crippen molar-refractivity contribution in [2.75, 3.05) is 6.61 Å². The van der Waals surface area contributed by atoms with Gasteiger partial charge in [-0.05, 0) is 62.2 Å². The van der Waals surface area contributed by atoms with Gasteiger partial charge in [0, 0.05) is 17.4 Å². The summed E-state index contributed by atoms with van der Waals surface area (Å²) < 4.78 is 27.2. The molecule has 0 spiro atoms. The monoisotopic (exact) mass is 469 g/mol. The number of esters is 1.